The summed E-state index contributed by atoms with van der Waals surface area (Å²) in [5, 5.41) is 0. The number of rotatable bonds is 10. The average molecular weight is 765 g/mol. The van der Waals surface area contributed by atoms with Crippen molar-refractivity contribution in [3.63, 3.8) is 0 Å². The molecule has 2 aliphatic carbocycles. The van der Waals surface area contributed by atoms with Gasteiger partial charge in [0.25, 0.3) is 0 Å². The van der Waals surface area contributed by atoms with E-state index >= 15 is 0 Å². The molecule has 2 heterocycles. The molecule has 8 aromatic rings. The Bertz CT molecular complexity index is 2850. The first-order valence-corrected chi connectivity index (χ1v) is 20.2. The number of unbranched alkanes of at least 4 members (excludes halogenated alkanes) is 1. The van der Waals surface area contributed by atoms with Crippen LogP contribution in [0.15, 0.2) is 158 Å². The lowest BCUT2D eigenvalue weighted by Crippen LogP contribution is -2.26. The summed E-state index contributed by atoms with van der Waals surface area (Å²) in [4.78, 5) is 19.3. The Kier molecular flexibility index (Phi) is 9.27. The number of hydrogen-bond donors (Lipinski definition) is 0. The van der Waals surface area contributed by atoms with Crippen molar-refractivity contribution in [2.75, 3.05) is 13.2 Å². The number of fused-ring (bicyclic) bond motifs is 10. The maximum absolute atomic E-state index is 5.87. The zero-order valence-corrected chi connectivity index (χ0v) is 32.9. The molecule has 0 atom stereocenters. The molecule has 6 nitrogen and oxygen atoms in total. The molecule has 0 radical (unpaired) electrons. The van der Waals surface area contributed by atoms with Crippen LogP contribution in [0.25, 0.3) is 67.3 Å². The van der Waals surface area contributed by atoms with Crippen LogP contribution in [0.3, 0.4) is 0 Å². The van der Waals surface area contributed by atoms with Gasteiger partial charge in [-0.15, -0.1) is 5.92 Å². The van der Waals surface area contributed by atoms with Crippen LogP contribution in [0.1, 0.15) is 48.9 Å². The molecule has 0 bridgehead atoms. The molecule has 10 rings (SSSR count). The molecule has 1 spiro atoms. The van der Waals surface area contributed by atoms with Crippen LogP contribution in [-0.4, -0.2) is 33.1 Å². The predicted molar refractivity (Wildman–Crippen MR) is 235 cm³/mol. The fourth-order valence-electron chi connectivity index (χ4n) is 8.68. The normalized spacial score (nSPS) is 12.5. The molecule has 6 aromatic carbocycles. The maximum Gasteiger partial charge on any atom is 0.159 e. The fourth-order valence-corrected chi connectivity index (χ4v) is 8.68. The third-order valence-electron chi connectivity index (χ3n) is 11.5. The van der Waals surface area contributed by atoms with E-state index in [9.17, 15) is 0 Å². The summed E-state index contributed by atoms with van der Waals surface area (Å²) >= 11 is 0. The van der Waals surface area contributed by atoms with Crippen molar-refractivity contribution in [2.45, 2.75) is 32.1 Å². The van der Waals surface area contributed by atoms with E-state index in [0.717, 1.165) is 64.3 Å². The first kappa shape index (κ1) is 36.0. The van der Waals surface area contributed by atoms with Crippen molar-refractivity contribution in [3.05, 3.63) is 181 Å². The van der Waals surface area contributed by atoms with E-state index in [0.29, 0.717) is 18.3 Å². The molecule has 0 saturated carbocycles. The summed E-state index contributed by atoms with van der Waals surface area (Å²) in [7, 11) is 0. The second kappa shape index (κ2) is 15.2. The van der Waals surface area contributed by atoms with Gasteiger partial charge in [-0.05, 0) is 130 Å². The largest absolute Gasteiger partial charge is 0.494 e. The van der Waals surface area contributed by atoms with Gasteiger partial charge in [0, 0.05) is 47.0 Å². The Morgan fingerprint density at radius 2 is 0.915 bits per heavy atom. The molecule has 2 aliphatic rings. The van der Waals surface area contributed by atoms with Gasteiger partial charge in [0.1, 0.15) is 18.1 Å². The van der Waals surface area contributed by atoms with E-state index in [-0.39, 0.29) is 0 Å². The van der Waals surface area contributed by atoms with Crippen LogP contribution < -0.4 is 9.47 Å². The van der Waals surface area contributed by atoms with Crippen LogP contribution in [0.4, 0.5) is 0 Å². The lowest BCUT2D eigenvalue weighted by Gasteiger charge is -2.31. The average Bonchev–Trinajstić information content (AvgIpc) is 3.76. The van der Waals surface area contributed by atoms with E-state index in [1.807, 2.05) is 73.3 Å². The van der Waals surface area contributed by atoms with Crippen molar-refractivity contribution >= 4 is 0 Å². The summed E-state index contributed by atoms with van der Waals surface area (Å²) in [6.45, 7) is 5.05. The van der Waals surface area contributed by atoms with E-state index in [4.69, 9.17) is 29.4 Å². The Morgan fingerprint density at radius 1 is 0.475 bits per heavy atom. The number of benzene rings is 6. The lowest BCUT2D eigenvalue weighted by atomic mass is 9.70. The van der Waals surface area contributed by atoms with Crippen LogP contribution in [0, 0.1) is 11.8 Å². The van der Waals surface area contributed by atoms with E-state index in [1.165, 1.54) is 44.5 Å². The van der Waals surface area contributed by atoms with Crippen molar-refractivity contribution in [3.8, 4) is 90.6 Å². The van der Waals surface area contributed by atoms with E-state index in [2.05, 4.69) is 104 Å². The van der Waals surface area contributed by atoms with Gasteiger partial charge in [-0.25, -0.2) is 19.9 Å². The van der Waals surface area contributed by atoms with Crippen LogP contribution in [0.2, 0.25) is 0 Å². The molecule has 0 fully saturated rings. The van der Waals surface area contributed by atoms with Crippen molar-refractivity contribution in [1.82, 2.24) is 19.9 Å². The summed E-state index contributed by atoms with van der Waals surface area (Å²) in [6, 6.07) is 47.3. The van der Waals surface area contributed by atoms with Crippen molar-refractivity contribution < 1.29 is 9.47 Å². The van der Waals surface area contributed by atoms with Gasteiger partial charge >= 0.3 is 0 Å². The molecule has 0 aliphatic heterocycles. The van der Waals surface area contributed by atoms with Gasteiger partial charge in [0.15, 0.2) is 11.6 Å². The molecule has 2 aromatic heterocycles. The minimum absolute atomic E-state index is 0.363. The zero-order chi connectivity index (χ0) is 39.8. The lowest BCUT2D eigenvalue weighted by molar-refractivity contribution is 0.309. The fraction of sp³-hybridized carbons (Fsp3) is 0.132. The van der Waals surface area contributed by atoms with E-state index in [1.54, 1.807) is 6.92 Å². The first-order valence-electron chi connectivity index (χ1n) is 20.2. The van der Waals surface area contributed by atoms with Gasteiger partial charge in [0.2, 0.25) is 0 Å². The maximum atomic E-state index is 5.87. The van der Waals surface area contributed by atoms with Crippen LogP contribution in [0.5, 0.6) is 11.5 Å². The topological polar surface area (TPSA) is 70.0 Å². The minimum atomic E-state index is -0.529. The highest BCUT2D eigenvalue weighted by Gasteiger charge is 2.51. The SMILES string of the molecule is CC#CCOc1ccc(-c2ncc(-c3ccc4c(c3)C3(c5ccccc5-c5ccccc53)c3cc(-c5cnc(-c6ccc(OCCCC)cc6)nc5)ccc3-4)cn2)cc1. The monoisotopic (exact) mass is 764 g/mol. The molecular formula is C53H40N4O2. The molecule has 0 unspecified atom stereocenters. The van der Waals surface area contributed by atoms with Gasteiger partial charge in [0.05, 0.1) is 12.0 Å². The summed E-state index contributed by atoms with van der Waals surface area (Å²) in [5.74, 6) is 8.75. The second-order valence-electron chi connectivity index (χ2n) is 14.9. The molecule has 284 valence electrons. The highest BCUT2D eigenvalue weighted by molar-refractivity contribution is 5.96. The highest BCUT2D eigenvalue weighted by Crippen LogP contribution is 2.63. The molecule has 0 saturated heterocycles. The minimum Gasteiger partial charge on any atom is -0.494 e. The predicted octanol–water partition coefficient (Wildman–Crippen LogP) is 11.9. The number of nitrogens with zero attached hydrogens (tertiary/aromatic N) is 4. The molecule has 59 heavy (non-hydrogen) atoms. The second-order valence-corrected chi connectivity index (χ2v) is 14.9. The van der Waals surface area contributed by atoms with Crippen molar-refractivity contribution in [1.29, 1.82) is 0 Å². The highest BCUT2D eigenvalue weighted by atomic mass is 16.5. The third-order valence-corrected chi connectivity index (χ3v) is 11.5. The number of hydrogen-bond acceptors (Lipinski definition) is 6. The first-order chi connectivity index (χ1) is 29.1. The van der Waals surface area contributed by atoms with Gasteiger partial charge in [-0.2, -0.15) is 0 Å². The molecule has 0 N–H and O–H groups in total. The van der Waals surface area contributed by atoms with Crippen LogP contribution >= 0.6 is 0 Å². The standard InChI is InChI=1S/C53H40N4O2/c1-3-5-27-58-41-21-15-35(16-22-41)51-54-31-39(32-55-51)37-19-25-45-46-26-20-38(40-33-56-52(57-34-40)36-17-23-42(24-18-36)59-28-6-4-2)30-50(46)53(49(45)29-37)47-13-9-7-11-43(47)44-12-8-10-14-48(44)53/h7-26,29-34H,3,5,27-28H2,1-2H3. The quantitative estimate of drug-likeness (QED) is 0.102. The van der Waals surface area contributed by atoms with Crippen LogP contribution in [-0.2, 0) is 5.41 Å². The molecular weight excluding hydrogens is 725 g/mol. The number of aromatic nitrogens is 4. The Balaban J connectivity index is 1.03. The van der Waals surface area contributed by atoms with Gasteiger partial charge in [-0.1, -0.05) is 92.1 Å². The van der Waals surface area contributed by atoms with E-state index < -0.39 is 5.41 Å². The van der Waals surface area contributed by atoms with Gasteiger partial charge in [-0.3, -0.25) is 0 Å². The third kappa shape index (κ3) is 6.23. The Hall–Kier alpha value is -7.36. The summed E-state index contributed by atoms with van der Waals surface area (Å²) in [5.41, 5.74) is 15.4. The van der Waals surface area contributed by atoms with Crippen molar-refractivity contribution in [2.24, 2.45) is 0 Å². The number of ether oxygens (including phenoxy) is 2. The molecule has 0 amide bonds. The Morgan fingerprint density at radius 3 is 1.39 bits per heavy atom. The smallest absolute Gasteiger partial charge is 0.159 e. The summed E-state index contributed by atoms with van der Waals surface area (Å²) in [6.07, 6.45) is 9.87. The molecule has 6 heteroatoms. The van der Waals surface area contributed by atoms with Gasteiger partial charge < -0.3 is 9.47 Å². The summed E-state index contributed by atoms with van der Waals surface area (Å²) < 4.78 is 11.6. The Labute approximate surface area is 344 Å². The zero-order valence-electron chi connectivity index (χ0n) is 32.9.